The number of carbonyl (C=O) groups excluding carboxylic acids is 1. The number of pyridine rings is 1. The van der Waals surface area contributed by atoms with Crippen molar-refractivity contribution in [1.82, 2.24) is 9.88 Å². The fourth-order valence-electron chi connectivity index (χ4n) is 1.56. The number of ether oxygens (including phenoxy) is 1. The molecule has 0 radical (unpaired) electrons. The van der Waals surface area contributed by atoms with Gasteiger partial charge in [-0.3, -0.25) is 9.78 Å². The third-order valence-electron chi connectivity index (χ3n) is 2.61. The zero-order valence-electron chi connectivity index (χ0n) is 12.1. The maximum Gasteiger partial charge on any atom is 0.272 e. The van der Waals surface area contributed by atoms with Crippen LogP contribution in [0.5, 0.6) is 5.75 Å². The first kappa shape index (κ1) is 15.4. The third kappa shape index (κ3) is 4.87. The Kier molecular flexibility index (Phi) is 5.30. The van der Waals surface area contributed by atoms with E-state index in [1.807, 2.05) is 27.7 Å². The maximum atomic E-state index is 12.1. The zero-order valence-corrected chi connectivity index (χ0v) is 12.1. The fraction of sp³-hybridized carbons (Fsp3) is 0.571. The molecule has 1 aromatic rings. The van der Waals surface area contributed by atoms with E-state index in [0.717, 1.165) is 0 Å². The Morgan fingerprint density at radius 3 is 2.58 bits per heavy atom. The summed E-state index contributed by atoms with van der Waals surface area (Å²) in [5.74, 6) is 0.534. The molecular weight excluding hydrogens is 242 g/mol. The third-order valence-corrected chi connectivity index (χ3v) is 2.61. The van der Waals surface area contributed by atoms with Crippen molar-refractivity contribution in [2.24, 2.45) is 5.73 Å². The lowest BCUT2D eigenvalue weighted by Gasteiger charge is -2.20. The van der Waals surface area contributed by atoms with Gasteiger partial charge in [-0.1, -0.05) is 0 Å². The van der Waals surface area contributed by atoms with Crippen LogP contribution in [-0.4, -0.2) is 41.0 Å². The molecule has 1 aromatic heterocycles. The molecule has 0 aliphatic heterocycles. The van der Waals surface area contributed by atoms with Crippen molar-refractivity contribution >= 4 is 5.91 Å². The molecule has 0 saturated heterocycles. The van der Waals surface area contributed by atoms with E-state index in [1.54, 1.807) is 23.2 Å². The topological polar surface area (TPSA) is 68.5 Å². The summed E-state index contributed by atoms with van der Waals surface area (Å²) < 4.78 is 5.57. The number of carbonyl (C=O) groups is 1. The Hall–Kier alpha value is -1.62. The van der Waals surface area contributed by atoms with Gasteiger partial charge in [0.15, 0.2) is 0 Å². The number of nitrogens with two attached hydrogens (primary N) is 1. The number of nitrogens with zero attached hydrogens (tertiary/aromatic N) is 2. The molecule has 106 valence electrons. The predicted molar refractivity (Wildman–Crippen MR) is 75.2 cm³/mol. The summed E-state index contributed by atoms with van der Waals surface area (Å²) in [4.78, 5) is 18.0. The largest absolute Gasteiger partial charge is 0.492 e. The Morgan fingerprint density at radius 1 is 1.42 bits per heavy atom. The van der Waals surface area contributed by atoms with Crippen molar-refractivity contribution in [3.05, 3.63) is 24.0 Å². The summed E-state index contributed by atoms with van der Waals surface area (Å²) in [6, 6.07) is 3.39. The molecule has 0 fully saturated rings. The molecule has 2 N–H and O–H groups in total. The first-order chi connectivity index (χ1) is 8.87. The van der Waals surface area contributed by atoms with Crippen molar-refractivity contribution in [3.8, 4) is 5.75 Å². The van der Waals surface area contributed by atoms with Crippen LogP contribution >= 0.6 is 0 Å². The number of aromatic nitrogens is 1. The molecule has 1 amide bonds. The van der Waals surface area contributed by atoms with E-state index < -0.39 is 5.54 Å². The van der Waals surface area contributed by atoms with Crippen LogP contribution in [0, 0.1) is 0 Å². The van der Waals surface area contributed by atoms with Crippen LogP contribution in [0.25, 0.3) is 0 Å². The van der Waals surface area contributed by atoms with Gasteiger partial charge in [0.2, 0.25) is 0 Å². The van der Waals surface area contributed by atoms with Crippen molar-refractivity contribution in [3.63, 3.8) is 0 Å². The van der Waals surface area contributed by atoms with Gasteiger partial charge in [0.1, 0.15) is 18.1 Å². The SMILES string of the molecule is CCN(CC)C(=O)c1cc(OCC(C)(C)N)ccn1. The standard InChI is InChI=1S/C14H23N3O2/c1-5-17(6-2)13(18)12-9-11(7-8-16-12)19-10-14(3,4)15/h7-9H,5-6,10,15H2,1-4H3. The quantitative estimate of drug-likeness (QED) is 0.849. The molecule has 0 unspecified atom stereocenters. The van der Waals surface area contributed by atoms with E-state index in [-0.39, 0.29) is 5.91 Å². The summed E-state index contributed by atoms with van der Waals surface area (Å²) in [6.07, 6.45) is 1.58. The van der Waals surface area contributed by atoms with E-state index in [0.29, 0.717) is 31.1 Å². The minimum atomic E-state index is -0.410. The van der Waals surface area contributed by atoms with Crippen molar-refractivity contribution < 1.29 is 9.53 Å². The molecule has 0 spiro atoms. The maximum absolute atomic E-state index is 12.1. The molecule has 5 nitrogen and oxygen atoms in total. The van der Waals surface area contributed by atoms with E-state index in [4.69, 9.17) is 10.5 Å². The van der Waals surface area contributed by atoms with Crippen molar-refractivity contribution in [1.29, 1.82) is 0 Å². The second-order valence-corrected chi connectivity index (χ2v) is 5.13. The average Bonchev–Trinajstić information content (AvgIpc) is 2.37. The molecule has 0 aliphatic rings. The van der Waals surface area contributed by atoms with Crippen LogP contribution in [0.3, 0.4) is 0 Å². The van der Waals surface area contributed by atoms with Crippen LogP contribution < -0.4 is 10.5 Å². The second kappa shape index (κ2) is 6.52. The number of amides is 1. The highest BCUT2D eigenvalue weighted by molar-refractivity contribution is 5.92. The highest BCUT2D eigenvalue weighted by atomic mass is 16.5. The Morgan fingerprint density at radius 2 is 2.05 bits per heavy atom. The first-order valence-corrected chi connectivity index (χ1v) is 6.54. The summed E-state index contributed by atoms with van der Waals surface area (Å²) in [5, 5.41) is 0. The minimum Gasteiger partial charge on any atom is -0.492 e. The van der Waals surface area contributed by atoms with E-state index >= 15 is 0 Å². The molecule has 0 bridgehead atoms. The molecule has 0 atom stereocenters. The first-order valence-electron chi connectivity index (χ1n) is 6.54. The van der Waals surface area contributed by atoms with E-state index in [9.17, 15) is 4.79 Å². The molecule has 1 heterocycles. The van der Waals surface area contributed by atoms with Gasteiger partial charge < -0.3 is 15.4 Å². The van der Waals surface area contributed by atoms with Crippen LogP contribution in [-0.2, 0) is 0 Å². The van der Waals surface area contributed by atoms with E-state index in [2.05, 4.69) is 4.98 Å². The molecule has 0 aromatic carbocycles. The van der Waals surface area contributed by atoms with Gasteiger partial charge in [0.05, 0.1) is 0 Å². The van der Waals surface area contributed by atoms with E-state index in [1.165, 1.54) is 0 Å². The molecule has 1 rings (SSSR count). The van der Waals surface area contributed by atoms with Gasteiger partial charge >= 0.3 is 0 Å². The van der Waals surface area contributed by atoms with Crippen LogP contribution in [0.4, 0.5) is 0 Å². The molecule has 19 heavy (non-hydrogen) atoms. The Labute approximate surface area is 114 Å². The number of hydrogen-bond donors (Lipinski definition) is 1. The summed E-state index contributed by atoms with van der Waals surface area (Å²) in [5.41, 5.74) is 5.85. The smallest absolute Gasteiger partial charge is 0.272 e. The predicted octanol–water partition coefficient (Wildman–Crippen LogP) is 1.68. The van der Waals surface area contributed by atoms with Gasteiger partial charge in [-0.25, -0.2) is 0 Å². The number of hydrogen-bond acceptors (Lipinski definition) is 4. The van der Waals surface area contributed by atoms with Crippen LogP contribution in [0.1, 0.15) is 38.2 Å². The lowest BCUT2D eigenvalue weighted by Crippen LogP contribution is -2.38. The highest BCUT2D eigenvalue weighted by Gasteiger charge is 2.16. The number of rotatable bonds is 6. The summed E-state index contributed by atoms with van der Waals surface area (Å²) >= 11 is 0. The lowest BCUT2D eigenvalue weighted by molar-refractivity contribution is 0.0766. The van der Waals surface area contributed by atoms with Crippen molar-refractivity contribution in [2.45, 2.75) is 33.2 Å². The normalized spacial score (nSPS) is 11.2. The van der Waals surface area contributed by atoms with Gasteiger partial charge in [0.25, 0.3) is 5.91 Å². The molecule has 5 heteroatoms. The van der Waals surface area contributed by atoms with Gasteiger partial charge in [-0.15, -0.1) is 0 Å². The summed E-state index contributed by atoms with van der Waals surface area (Å²) in [7, 11) is 0. The molecule has 0 aliphatic carbocycles. The summed E-state index contributed by atoms with van der Waals surface area (Å²) in [6.45, 7) is 9.37. The Bertz CT molecular complexity index is 423. The monoisotopic (exact) mass is 265 g/mol. The highest BCUT2D eigenvalue weighted by Crippen LogP contribution is 2.14. The van der Waals surface area contributed by atoms with Crippen LogP contribution in [0.2, 0.25) is 0 Å². The fourth-order valence-corrected chi connectivity index (χ4v) is 1.56. The Balaban J connectivity index is 2.79. The van der Waals surface area contributed by atoms with Crippen molar-refractivity contribution in [2.75, 3.05) is 19.7 Å². The molecular formula is C14H23N3O2. The lowest BCUT2D eigenvalue weighted by atomic mass is 10.1. The average molecular weight is 265 g/mol. The minimum absolute atomic E-state index is 0.0811. The van der Waals surface area contributed by atoms with Gasteiger partial charge in [0, 0.05) is 30.9 Å². The van der Waals surface area contributed by atoms with Gasteiger partial charge in [-0.2, -0.15) is 0 Å². The molecule has 0 saturated carbocycles. The van der Waals surface area contributed by atoms with Crippen LogP contribution in [0.15, 0.2) is 18.3 Å². The van der Waals surface area contributed by atoms with Gasteiger partial charge in [-0.05, 0) is 33.8 Å². The second-order valence-electron chi connectivity index (χ2n) is 5.13. The zero-order chi connectivity index (χ0) is 14.5.